The third-order valence-corrected chi connectivity index (χ3v) is 3.99. The van der Waals surface area contributed by atoms with Gasteiger partial charge in [-0.1, -0.05) is 72.8 Å². The van der Waals surface area contributed by atoms with Crippen LogP contribution >= 0.6 is 0 Å². The summed E-state index contributed by atoms with van der Waals surface area (Å²) in [5, 5.41) is 19.2. The Morgan fingerprint density at radius 3 is 2.00 bits per heavy atom. The predicted molar refractivity (Wildman–Crippen MR) is 91.2 cm³/mol. The molecule has 3 nitrogen and oxygen atoms in total. The minimum atomic E-state index is -0.501. The van der Waals surface area contributed by atoms with Crippen LogP contribution in [0.5, 0.6) is 0 Å². The maximum Gasteiger partial charge on any atom is 0.143 e. The highest BCUT2D eigenvalue weighted by Gasteiger charge is 2.25. The average molecular weight is 302 g/mol. The van der Waals surface area contributed by atoms with Gasteiger partial charge in [0, 0.05) is 17.0 Å². The highest BCUT2D eigenvalue weighted by atomic mass is 16.3. The maximum atomic E-state index is 9.67. The van der Waals surface area contributed by atoms with Gasteiger partial charge in [0.15, 0.2) is 0 Å². The van der Waals surface area contributed by atoms with Crippen molar-refractivity contribution in [2.75, 3.05) is 0 Å². The van der Waals surface area contributed by atoms with E-state index >= 15 is 0 Å². The van der Waals surface area contributed by atoms with Crippen molar-refractivity contribution in [1.82, 2.24) is 0 Å². The van der Waals surface area contributed by atoms with Crippen LogP contribution in [0.25, 0.3) is 0 Å². The van der Waals surface area contributed by atoms with Gasteiger partial charge in [-0.2, -0.15) is 5.26 Å². The van der Waals surface area contributed by atoms with Crippen LogP contribution in [0.4, 0.5) is 0 Å². The Labute approximate surface area is 136 Å². The highest BCUT2D eigenvalue weighted by molar-refractivity contribution is 6.13. The molecule has 1 unspecified atom stereocenters. The summed E-state index contributed by atoms with van der Waals surface area (Å²) in [6.07, 6.45) is 3.73. The minimum Gasteiger partial charge on any atom is -0.389 e. The third kappa shape index (κ3) is 3.56. The number of hydrogen-bond acceptors (Lipinski definition) is 3. The van der Waals surface area contributed by atoms with E-state index in [2.05, 4.69) is 6.07 Å². The summed E-state index contributed by atoms with van der Waals surface area (Å²) in [5.74, 6) is -0.0441. The smallest absolute Gasteiger partial charge is 0.143 e. The SMILES string of the molecule is N#CC(N=C(c1ccccc1)c1ccccc1)[C@@H]1C=C[C@H](O)C1. The molecule has 0 fully saturated rings. The first-order chi connectivity index (χ1) is 11.3. The number of rotatable bonds is 4. The Hall–Kier alpha value is -2.70. The molecule has 3 rings (SSSR count). The molecule has 3 atom stereocenters. The summed E-state index contributed by atoms with van der Waals surface area (Å²) in [7, 11) is 0. The number of benzene rings is 2. The molecule has 1 aliphatic rings. The van der Waals surface area contributed by atoms with Gasteiger partial charge < -0.3 is 5.11 Å². The fourth-order valence-electron chi connectivity index (χ4n) is 2.81. The summed E-state index contributed by atoms with van der Waals surface area (Å²) >= 11 is 0. The van der Waals surface area contributed by atoms with E-state index in [9.17, 15) is 10.4 Å². The van der Waals surface area contributed by atoms with Gasteiger partial charge >= 0.3 is 0 Å². The predicted octanol–water partition coefficient (Wildman–Crippen LogP) is 3.35. The lowest BCUT2D eigenvalue weighted by Crippen LogP contribution is -2.18. The van der Waals surface area contributed by atoms with Crippen LogP contribution in [0, 0.1) is 17.2 Å². The highest BCUT2D eigenvalue weighted by Crippen LogP contribution is 2.24. The summed E-state index contributed by atoms with van der Waals surface area (Å²) in [5.41, 5.74) is 2.79. The number of nitriles is 1. The molecule has 0 saturated heterocycles. The van der Waals surface area contributed by atoms with Crippen LogP contribution in [0.1, 0.15) is 17.5 Å². The largest absolute Gasteiger partial charge is 0.389 e. The first-order valence-corrected chi connectivity index (χ1v) is 7.72. The van der Waals surface area contributed by atoms with Gasteiger partial charge in [-0.3, -0.25) is 4.99 Å². The van der Waals surface area contributed by atoms with Crippen molar-refractivity contribution in [3.8, 4) is 6.07 Å². The number of aliphatic hydroxyl groups is 1. The molecule has 1 N–H and O–H groups in total. The second-order valence-electron chi connectivity index (χ2n) is 5.64. The summed E-state index contributed by atoms with van der Waals surface area (Å²) < 4.78 is 0. The quantitative estimate of drug-likeness (QED) is 0.695. The fraction of sp³-hybridized carbons (Fsp3) is 0.200. The van der Waals surface area contributed by atoms with Gasteiger partial charge in [-0.25, -0.2) is 0 Å². The fourth-order valence-corrected chi connectivity index (χ4v) is 2.81. The van der Waals surface area contributed by atoms with Crippen molar-refractivity contribution in [3.05, 3.63) is 83.9 Å². The molecule has 0 spiro atoms. The molecule has 0 saturated carbocycles. The third-order valence-electron chi connectivity index (χ3n) is 3.99. The Bertz CT molecular complexity index is 703. The van der Waals surface area contributed by atoms with Gasteiger partial charge in [0.05, 0.1) is 17.9 Å². The minimum absolute atomic E-state index is 0.0441. The molecule has 0 aliphatic heterocycles. The Morgan fingerprint density at radius 1 is 1.00 bits per heavy atom. The van der Waals surface area contributed by atoms with Crippen molar-refractivity contribution in [2.24, 2.45) is 10.9 Å². The molecule has 0 heterocycles. The van der Waals surface area contributed by atoms with E-state index in [0.717, 1.165) is 16.8 Å². The van der Waals surface area contributed by atoms with Crippen LogP contribution in [0.2, 0.25) is 0 Å². The van der Waals surface area contributed by atoms with E-state index in [1.54, 1.807) is 6.08 Å². The molecule has 0 bridgehead atoms. The second-order valence-corrected chi connectivity index (χ2v) is 5.64. The van der Waals surface area contributed by atoms with E-state index in [4.69, 9.17) is 4.99 Å². The van der Waals surface area contributed by atoms with Crippen LogP contribution in [-0.2, 0) is 0 Å². The van der Waals surface area contributed by atoms with Gasteiger partial charge in [0.2, 0.25) is 0 Å². The number of aliphatic hydroxyl groups excluding tert-OH is 1. The van der Waals surface area contributed by atoms with Crippen molar-refractivity contribution < 1.29 is 5.11 Å². The molecule has 1 aliphatic carbocycles. The first kappa shape index (κ1) is 15.2. The summed E-state index contributed by atoms with van der Waals surface area (Å²) in [6.45, 7) is 0. The molecule has 2 aromatic carbocycles. The molecule has 0 radical (unpaired) electrons. The number of nitrogens with zero attached hydrogens (tertiary/aromatic N) is 2. The lowest BCUT2D eigenvalue weighted by molar-refractivity contribution is 0.208. The number of aliphatic imine (C=N–C) groups is 1. The lowest BCUT2D eigenvalue weighted by atomic mass is 9.98. The molecule has 114 valence electrons. The average Bonchev–Trinajstić information content (AvgIpc) is 3.04. The Kier molecular flexibility index (Phi) is 4.65. The van der Waals surface area contributed by atoms with E-state index in [0.29, 0.717) is 6.42 Å². The topological polar surface area (TPSA) is 56.4 Å². The molecule has 0 amide bonds. The zero-order chi connectivity index (χ0) is 16.1. The van der Waals surface area contributed by atoms with Crippen LogP contribution in [-0.4, -0.2) is 23.0 Å². The van der Waals surface area contributed by atoms with E-state index < -0.39 is 12.1 Å². The molecule has 23 heavy (non-hydrogen) atoms. The Balaban J connectivity index is 2.01. The monoisotopic (exact) mass is 302 g/mol. The standard InChI is InChI=1S/C20H18N2O/c21-14-19(17-11-12-18(23)13-17)22-20(15-7-3-1-4-8-15)16-9-5-2-6-10-16/h1-12,17-19,23H,13H2/t17-,18+,19?/m1/s1. The van der Waals surface area contributed by atoms with Crippen molar-refractivity contribution in [1.29, 1.82) is 5.26 Å². The Morgan fingerprint density at radius 2 is 1.57 bits per heavy atom. The normalized spacial score (nSPS) is 20.7. The van der Waals surface area contributed by atoms with Gasteiger partial charge in [-0.15, -0.1) is 0 Å². The van der Waals surface area contributed by atoms with E-state index in [1.807, 2.05) is 66.7 Å². The second kappa shape index (κ2) is 7.04. The molecule has 3 heteroatoms. The van der Waals surface area contributed by atoms with Crippen molar-refractivity contribution in [3.63, 3.8) is 0 Å². The van der Waals surface area contributed by atoms with Gasteiger partial charge in [0.25, 0.3) is 0 Å². The molecular weight excluding hydrogens is 284 g/mol. The van der Waals surface area contributed by atoms with E-state index in [-0.39, 0.29) is 5.92 Å². The molecule has 0 aromatic heterocycles. The number of hydrogen-bond donors (Lipinski definition) is 1. The first-order valence-electron chi connectivity index (χ1n) is 7.72. The summed E-state index contributed by atoms with van der Waals surface area (Å²) in [4.78, 5) is 4.74. The zero-order valence-corrected chi connectivity index (χ0v) is 12.7. The van der Waals surface area contributed by atoms with Crippen LogP contribution in [0.15, 0.2) is 77.8 Å². The summed E-state index contributed by atoms with van der Waals surface area (Å²) in [6, 6.07) is 21.6. The zero-order valence-electron chi connectivity index (χ0n) is 12.7. The van der Waals surface area contributed by atoms with Crippen LogP contribution in [0.3, 0.4) is 0 Å². The lowest BCUT2D eigenvalue weighted by Gasteiger charge is -2.15. The van der Waals surface area contributed by atoms with Crippen LogP contribution < -0.4 is 0 Å². The molecule has 2 aromatic rings. The molecular formula is C20H18N2O. The van der Waals surface area contributed by atoms with Crippen molar-refractivity contribution >= 4 is 5.71 Å². The van der Waals surface area contributed by atoms with Crippen molar-refractivity contribution in [2.45, 2.75) is 18.6 Å². The maximum absolute atomic E-state index is 9.67. The van der Waals surface area contributed by atoms with E-state index in [1.165, 1.54) is 0 Å². The van der Waals surface area contributed by atoms with Gasteiger partial charge in [0.1, 0.15) is 6.04 Å². The van der Waals surface area contributed by atoms with Gasteiger partial charge in [-0.05, 0) is 6.42 Å².